The molecule has 1 aromatic heterocycles. The summed E-state index contributed by atoms with van der Waals surface area (Å²) in [6.07, 6.45) is 1.45. The van der Waals surface area contributed by atoms with Gasteiger partial charge in [0.1, 0.15) is 11.6 Å². The molecule has 1 amide bonds. The van der Waals surface area contributed by atoms with Gasteiger partial charge in [-0.05, 0) is 42.2 Å². The molecular weight excluding hydrogens is 264 g/mol. The molecule has 2 heterocycles. The van der Waals surface area contributed by atoms with E-state index in [4.69, 9.17) is 9.72 Å². The highest BCUT2D eigenvalue weighted by molar-refractivity contribution is 5.96. The third-order valence-electron chi connectivity index (χ3n) is 3.82. The molecule has 0 saturated heterocycles. The monoisotopic (exact) mass is 284 g/mol. The zero-order valence-corrected chi connectivity index (χ0v) is 12.7. The van der Waals surface area contributed by atoms with E-state index in [1.165, 1.54) is 0 Å². The first kappa shape index (κ1) is 13.9. The molecule has 0 saturated carbocycles. The lowest BCUT2D eigenvalue weighted by Gasteiger charge is -2.17. The van der Waals surface area contributed by atoms with Gasteiger partial charge in [-0.1, -0.05) is 13.8 Å². The summed E-state index contributed by atoms with van der Waals surface area (Å²) in [5.41, 5.74) is 2.05. The molecule has 0 radical (unpaired) electrons. The Hall–Kier alpha value is -2.10. The van der Waals surface area contributed by atoms with E-state index >= 15 is 0 Å². The van der Waals surface area contributed by atoms with Crippen molar-refractivity contribution in [3.8, 4) is 5.75 Å². The fourth-order valence-corrected chi connectivity index (χ4v) is 2.77. The standard InChI is InChI=1S/C17H20N2O2/c1-11(2)8-16(20)19-7-6-12-9-13-10-14(21-3)4-5-15(13)18-17(12)19/h4-5,9-11H,6-8H2,1-3H3. The van der Waals surface area contributed by atoms with Crippen LogP contribution in [0.5, 0.6) is 5.75 Å². The average Bonchev–Trinajstić information content (AvgIpc) is 2.86. The minimum absolute atomic E-state index is 0.170. The van der Waals surface area contributed by atoms with E-state index < -0.39 is 0 Å². The normalized spacial score (nSPS) is 13.8. The Labute approximate surface area is 124 Å². The van der Waals surface area contributed by atoms with Crippen LogP contribution in [0.3, 0.4) is 0 Å². The van der Waals surface area contributed by atoms with Crippen LogP contribution in [0.15, 0.2) is 24.3 Å². The number of anilines is 1. The van der Waals surface area contributed by atoms with E-state index in [-0.39, 0.29) is 5.91 Å². The van der Waals surface area contributed by atoms with Gasteiger partial charge in [0.15, 0.2) is 0 Å². The van der Waals surface area contributed by atoms with Crippen molar-refractivity contribution in [2.75, 3.05) is 18.6 Å². The Bertz CT molecular complexity index is 694. The van der Waals surface area contributed by atoms with Crippen LogP contribution in [0.1, 0.15) is 25.8 Å². The lowest BCUT2D eigenvalue weighted by atomic mass is 10.1. The molecule has 0 spiro atoms. The number of ether oxygens (including phenoxy) is 1. The van der Waals surface area contributed by atoms with E-state index in [1.807, 2.05) is 23.1 Å². The largest absolute Gasteiger partial charge is 0.497 e. The number of aromatic nitrogens is 1. The average molecular weight is 284 g/mol. The fourth-order valence-electron chi connectivity index (χ4n) is 2.77. The SMILES string of the molecule is COc1ccc2nc3c(cc2c1)CCN3C(=O)CC(C)C. The van der Waals surface area contributed by atoms with Crippen molar-refractivity contribution in [2.24, 2.45) is 5.92 Å². The summed E-state index contributed by atoms with van der Waals surface area (Å²) < 4.78 is 5.25. The third kappa shape index (κ3) is 2.58. The van der Waals surface area contributed by atoms with E-state index in [9.17, 15) is 4.79 Å². The highest BCUT2D eigenvalue weighted by Gasteiger charge is 2.26. The molecular formula is C17H20N2O2. The molecule has 0 atom stereocenters. The topological polar surface area (TPSA) is 42.4 Å². The molecule has 0 aliphatic carbocycles. The van der Waals surface area contributed by atoms with Crippen molar-refractivity contribution in [3.63, 3.8) is 0 Å². The van der Waals surface area contributed by atoms with Crippen molar-refractivity contribution in [1.29, 1.82) is 0 Å². The Morgan fingerprint density at radius 3 is 2.90 bits per heavy atom. The number of fused-ring (bicyclic) bond motifs is 2. The van der Waals surface area contributed by atoms with Crippen LogP contribution in [-0.2, 0) is 11.2 Å². The number of rotatable bonds is 3. The van der Waals surface area contributed by atoms with E-state index in [0.29, 0.717) is 12.3 Å². The van der Waals surface area contributed by atoms with Crippen molar-refractivity contribution in [2.45, 2.75) is 26.7 Å². The summed E-state index contributed by atoms with van der Waals surface area (Å²) in [6, 6.07) is 7.96. The Morgan fingerprint density at radius 2 is 2.19 bits per heavy atom. The Balaban J connectivity index is 1.99. The van der Waals surface area contributed by atoms with Gasteiger partial charge >= 0.3 is 0 Å². The molecule has 0 fully saturated rings. The van der Waals surface area contributed by atoms with Gasteiger partial charge in [0.25, 0.3) is 0 Å². The zero-order chi connectivity index (χ0) is 15.0. The van der Waals surface area contributed by atoms with Crippen molar-refractivity contribution < 1.29 is 9.53 Å². The van der Waals surface area contributed by atoms with Crippen LogP contribution < -0.4 is 9.64 Å². The number of carbonyl (C=O) groups excluding carboxylic acids is 1. The lowest BCUT2D eigenvalue weighted by molar-refractivity contribution is -0.119. The van der Waals surface area contributed by atoms with Crippen LogP contribution in [0.4, 0.5) is 5.82 Å². The van der Waals surface area contributed by atoms with Crippen LogP contribution in [-0.4, -0.2) is 24.5 Å². The quantitative estimate of drug-likeness (QED) is 0.869. The second-order valence-electron chi connectivity index (χ2n) is 5.92. The van der Waals surface area contributed by atoms with Gasteiger partial charge in [-0.25, -0.2) is 4.98 Å². The van der Waals surface area contributed by atoms with Crippen molar-refractivity contribution in [1.82, 2.24) is 4.98 Å². The van der Waals surface area contributed by atoms with Gasteiger partial charge < -0.3 is 4.74 Å². The summed E-state index contributed by atoms with van der Waals surface area (Å²) >= 11 is 0. The van der Waals surface area contributed by atoms with Gasteiger partial charge in [0, 0.05) is 18.4 Å². The summed E-state index contributed by atoms with van der Waals surface area (Å²) in [5.74, 6) is 2.20. The van der Waals surface area contributed by atoms with Crippen LogP contribution in [0.2, 0.25) is 0 Å². The van der Waals surface area contributed by atoms with E-state index in [0.717, 1.165) is 41.0 Å². The third-order valence-corrected chi connectivity index (χ3v) is 3.82. The number of carbonyl (C=O) groups is 1. The highest BCUT2D eigenvalue weighted by Crippen LogP contribution is 2.31. The fraction of sp³-hybridized carbons (Fsp3) is 0.412. The van der Waals surface area contributed by atoms with Gasteiger partial charge in [-0.3, -0.25) is 9.69 Å². The van der Waals surface area contributed by atoms with Gasteiger partial charge in [0.05, 0.1) is 12.6 Å². The summed E-state index contributed by atoms with van der Waals surface area (Å²) in [7, 11) is 1.66. The van der Waals surface area contributed by atoms with Gasteiger partial charge in [-0.2, -0.15) is 0 Å². The maximum atomic E-state index is 12.3. The number of benzene rings is 1. The number of nitrogens with zero attached hydrogens (tertiary/aromatic N) is 2. The number of hydrogen-bond acceptors (Lipinski definition) is 3. The number of amides is 1. The molecule has 0 bridgehead atoms. The molecule has 3 rings (SSSR count). The minimum atomic E-state index is 0.170. The molecule has 4 heteroatoms. The Morgan fingerprint density at radius 1 is 1.38 bits per heavy atom. The first-order valence-corrected chi connectivity index (χ1v) is 7.36. The summed E-state index contributed by atoms with van der Waals surface area (Å²) in [4.78, 5) is 18.8. The molecule has 2 aromatic rings. The minimum Gasteiger partial charge on any atom is -0.497 e. The van der Waals surface area contributed by atoms with Crippen LogP contribution >= 0.6 is 0 Å². The maximum Gasteiger partial charge on any atom is 0.228 e. The molecule has 110 valence electrons. The molecule has 21 heavy (non-hydrogen) atoms. The first-order valence-electron chi connectivity index (χ1n) is 7.36. The number of pyridine rings is 1. The molecule has 1 aromatic carbocycles. The van der Waals surface area contributed by atoms with Gasteiger partial charge in [-0.15, -0.1) is 0 Å². The Kier molecular flexibility index (Phi) is 3.53. The molecule has 4 nitrogen and oxygen atoms in total. The second kappa shape index (κ2) is 5.35. The number of methoxy groups -OCH3 is 1. The van der Waals surface area contributed by atoms with Crippen LogP contribution in [0, 0.1) is 5.92 Å². The smallest absolute Gasteiger partial charge is 0.228 e. The van der Waals surface area contributed by atoms with Gasteiger partial charge in [0.2, 0.25) is 5.91 Å². The zero-order valence-electron chi connectivity index (χ0n) is 12.7. The van der Waals surface area contributed by atoms with E-state index in [2.05, 4.69) is 19.9 Å². The maximum absolute atomic E-state index is 12.3. The molecule has 0 N–H and O–H groups in total. The first-order chi connectivity index (χ1) is 10.1. The van der Waals surface area contributed by atoms with E-state index in [1.54, 1.807) is 7.11 Å². The second-order valence-corrected chi connectivity index (χ2v) is 5.92. The predicted molar refractivity (Wildman–Crippen MR) is 83.8 cm³/mol. The molecule has 0 unspecified atom stereocenters. The van der Waals surface area contributed by atoms with Crippen molar-refractivity contribution in [3.05, 3.63) is 29.8 Å². The summed E-state index contributed by atoms with van der Waals surface area (Å²) in [5, 5.41) is 1.06. The highest BCUT2D eigenvalue weighted by atomic mass is 16.5. The predicted octanol–water partition coefficient (Wildman–Crippen LogP) is 3.18. The molecule has 1 aliphatic heterocycles. The summed E-state index contributed by atoms with van der Waals surface area (Å²) in [6.45, 7) is 4.87. The lowest BCUT2D eigenvalue weighted by Crippen LogP contribution is -2.30. The van der Waals surface area contributed by atoms with Crippen molar-refractivity contribution >= 4 is 22.6 Å². The molecule has 1 aliphatic rings. The number of hydrogen-bond donors (Lipinski definition) is 0. The van der Waals surface area contributed by atoms with Crippen LogP contribution in [0.25, 0.3) is 10.9 Å².